The molecule has 1 fully saturated rings. The van der Waals surface area contributed by atoms with E-state index >= 15 is 0 Å². The van der Waals surface area contributed by atoms with Gasteiger partial charge in [0.25, 0.3) is 0 Å². The van der Waals surface area contributed by atoms with E-state index in [1.807, 2.05) is 0 Å². The van der Waals surface area contributed by atoms with Crippen LogP contribution in [0.25, 0.3) is 11.1 Å². The van der Waals surface area contributed by atoms with Gasteiger partial charge in [0.2, 0.25) is 0 Å². The summed E-state index contributed by atoms with van der Waals surface area (Å²) >= 11 is 12.0. The number of halogens is 6. The van der Waals surface area contributed by atoms with Crippen LogP contribution in [0.15, 0.2) is 36.4 Å². The molecule has 0 aromatic heterocycles. The van der Waals surface area contributed by atoms with E-state index in [0.717, 1.165) is 31.5 Å². The number of rotatable bonds is 5. The van der Waals surface area contributed by atoms with Gasteiger partial charge < -0.3 is 14.8 Å². The Kier molecular flexibility index (Phi) is 8.13. The fourth-order valence-electron chi connectivity index (χ4n) is 2.94. The van der Waals surface area contributed by atoms with Crippen molar-refractivity contribution >= 4 is 35.6 Å². The van der Waals surface area contributed by atoms with Crippen LogP contribution in [0.1, 0.15) is 12.8 Å². The highest BCUT2D eigenvalue weighted by Gasteiger charge is 2.32. The van der Waals surface area contributed by atoms with Crippen LogP contribution in [0.5, 0.6) is 11.5 Å². The number of ether oxygens (including phenoxy) is 2. The molecule has 1 aliphatic rings. The van der Waals surface area contributed by atoms with Gasteiger partial charge in [0.05, 0.1) is 16.7 Å². The maximum Gasteiger partial charge on any atom is 0.573 e. The van der Waals surface area contributed by atoms with Gasteiger partial charge in [-0.25, -0.2) is 0 Å². The van der Waals surface area contributed by atoms with E-state index < -0.39 is 6.36 Å². The lowest BCUT2D eigenvalue weighted by Gasteiger charge is -2.23. The molecule has 2 aromatic carbocycles. The summed E-state index contributed by atoms with van der Waals surface area (Å²) in [5.74, 6) is -0.0201. The lowest BCUT2D eigenvalue weighted by atomic mass is 9.99. The molecule has 0 spiro atoms. The number of benzene rings is 2. The van der Waals surface area contributed by atoms with Crippen LogP contribution < -0.4 is 14.8 Å². The van der Waals surface area contributed by atoms with Crippen molar-refractivity contribution in [1.82, 2.24) is 5.32 Å². The fraction of sp³-hybridized carbons (Fsp3) is 0.368. The fourth-order valence-corrected chi connectivity index (χ4v) is 3.24. The zero-order valence-corrected chi connectivity index (χ0v) is 17.0. The Balaban J connectivity index is 0.00000280. The van der Waals surface area contributed by atoms with Crippen molar-refractivity contribution in [2.24, 2.45) is 5.92 Å². The van der Waals surface area contributed by atoms with Gasteiger partial charge in [0.15, 0.2) is 11.5 Å². The van der Waals surface area contributed by atoms with Gasteiger partial charge >= 0.3 is 6.36 Å². The van der Waals surface area contributed by atoms with Crippen LogP contribution in [0.4, 0.5) is 13.2 Å². The summed E-state index contributed by atoms with van der Waals surface area (Å²) in [6.45, 7) is 2.09. The first-order valence-corrected chi connectivity index (χ1v) is 9.26. The summed E-state index contributed by atoms with van der Waals surface area (Å²) in [7, 11) is 0. The molecule has 28 heavy (non-hydrogen) atoms. The van der Waals surface area contributed by atoms with Crippen LogP contribution >= 0.6 is 35.6 Å². The van der Waals surface area contributed by atoms with Crippen molar-refractivity contribution in [3.05, 3.63) is 46.4 Å². The molecule has 0 radical (unpaired) electrons. The number of nitrogens with one attached hydrogen (secondary N) is 1. The highest BCUT2D eigenvalue weighted by atomic mass is 35.5. The molecule has 3 nitrogen and oxygen atoms in total. The summed E-state index contributed by atoms with van der Waals surface area (Å²) < 4.78 is 48.0. The van der Waals surface area contributed by atoms with Crippen molar-refractivity contribution in [1.29, 1.82) is 0 Å². The highest BCUT2D eigenvalue weighted by molar-refractivity contribution is 6.42. The predicted molar refractivity (Wildman–Crippen MR) is 107 cm³/mol. The van der Waals surface area contributed by atoms with Crippen LogP contribution in [-0.2, 0) is 0 Å². The quantitative estimate of drug-likeness (QED) is 0.568. The Morgan fingerprint density at radius 3 is 2.21 bits per heavy atom. The highest BCUT2D eigenvalue weighted by Crippen LogP contribution is 2.37. The van der Waals surface area contributed by atoms with Crippen molar-refractivity contribution in [3.8, 4) is 22.6 Å². The molecule has 0 atom stereocenters. The Bertz CT molecular complexity index is 796. The van der Waals surface area contributed by atoms with E-state index in [0.29, 0.717) is 28.1 Å². The SMILES string of the molecule is Cl.FC(F)(F)Oc1ccc(-c2ccc(Cl)c(Cl)c2)cc1OCC1CCNCC1. The van der Waals surface area contributed by atoms with Gasteiger partial charge in [0.1, 0.15) is 0 Å². The standard InChI is InChI=1S/C19H18Cl2F3NO2.ClH/c20-15-3-1-13(9-16(15)21)14-2-4-17(27-19(22,23)24)18(10-14)26-11-12-5-7-25-8-6-12;/h1-4,9-10,12,25H,5-8,11H2;1H. The lowest BCUT2D eigenvalue weighted by molar-refractivity contribution is -0.275. The molecule has 0 saturated carbocycles. The molecule has 0 aliphatic carbocycles. The minimum atomic E-state index is -4.79. The van der Waals surface area contributed by atoms with Crippen molar-refractivity contribution in [2.45, 2.75) is 19.2 Å². The second-order valence-electron chi connectivity index (χ2n) is 6.34. The minimum Gasteiger partial charge on any atom is -0.489 e. The molecule has 1 N–H and O–H groups in total. The Morgan fingerprint density at radius 1 is 0.929 bits per heavy atom. The van der Waals surface area contributed by atoms with Crippen molar-refractivity contribution in [2.75, 3.05) is 19.7 Å². The van der Waals surface area contributed by atoms with E-state index in [1.54, 1.807) is 18.2 Å². The average Bonchev–Trinajstić information content (AvgIpc) is 2.63. The van der Waals surface area contributed by atoms with E-state index in [2.05, 4.69) is 10.1 Å². The summed E-state index contributed by atoms with van der Waals surface area (Å²) in [5, 5.41) is 4.01. The van der Waals surface area contributed by atoms with Crippen LogP contribution in [0.3, 0.4) is 0 Å². The molecule has 0 amide bonds. The Hall–Kier alpha value is -1.34. The third kappa shape index (κ3) is 6.34. The molecule has 9 heteroatoms. The summed E-state index contributed by atoms with van der Waals surface area (Å²) in [6.07, 6.45) is -2.96. The van der Waals surface area contributed by atoms with Crippen LogP contribution in [-0.4, -0.2) is 26.1 Å². The van der Waals surface area contributed by atoms with Crippen molar-refractivity contribution in [3.63, 3.8) is 0 Å². The summed E-state index contributed by atoms with van der Waals surface area (Å²) in [5.41, 5.74) is 1.37. The van der Waals surface area contributed by atoms with Gasteiger partial charge in [0, 0.05) is 0 Å². The van der Waals surface area contributed by atoms with Gasteiger partial charge in [-0.05, 0) is 67.2 Å². The third-order valence-electron chi connectivity index (χ3n) is 4.36. The molecule has 154 valence electrons. The van der Waals surface area contributed by atoms with Gasteiger partial charge in [-0.3, -0.25) is 0 Å². The third-order valence-corrected chi connectivity index (χ3v) is 5.09. The summed E-state index contributed by atoms with van der Waals surface area (Å²) in [4.78, 5) is 0. The second kappa shape index (κ2) is 9.92. The topological polar surface area (TPSA) is 30.5 Å². The molecule has 2 aromatic rings. The first kappa shape index (κ1) is 22.9. The molecular weight excluding hydrogens is 438 g/mol. The number of hydrogen-bond donors (Lipinski definition) is 1. The first-order valence-electron chi connectivity index (χ1n) is 8.50. The Morgan fingerprint density at radius 2 is 1.57 bits per heavy atom. The monoisotopic (exact) mass is 455 g/mol. The van der Waals surface area contributed by atoms with Gasteiger partial charge in [-0.2, -0.15) is 0 Å². The van der Waals surface area contributed by atoms with Crippen LogP contribution in [0.2, 0.25) is 10.0 Å². The molecule has 0 bridgehead atoms. The second-order valence-corrected chi connectivity index (χ2v) is 7.16. The number of alkyl halides is 3. The van der Waals surface area contributed by atoms with E-state index in [-0.39, 0.29) is 23.9 Å². The maximum atomic E-state index is 12.7. The normalized spacial score (nSPS) is 15.0. The molecule has 1 heterocycles. The van der Waals surface area contributed by atoms with Gasteiger partial charge in [-0.1, -0.05) is 35.3 Å². The molecule has 1 saturated heterocycles. The van der Waals surface area contributed by atoms with E-state index in [4.69, 9.17) is 27.9 Å². The molecule has 1 aliphatic heterocycles. The van der Waals surface area contributed by atoms with Gasteiger partial charge in [-0.15, -0.1) is 25.6 Å². The lowest BCUT2D eigenvalue weighted by Crippen LogP contribution is -2.30. The number of piperidine rings is 1. The zero-order chi connectivity index (χ0) is 19.4. The van der Waals surface area contributed by atoms with E-state index in [1.165, 1.54) is 18.2 Å². The molecule has 3 rings (SSSR count). The first-order chi connectivity index (χ1) is 12.8. The zero-order valence-electron chi connectivity index (χ0n) is 14.7. The van der Waals surface area contributed by atoms with Crippen LogP contribution in [0, 0.1) is 5.92 Å². The Labute approximate surface area is 177 Å². The molecular formula is C19H19Cl3F3NO2. The minimum absolute atomic E-state index is 0. The van der Waals surface area contributed by atoms with E-state index in [9.17, 15) is 13.2 Å². The summed E-state index contributed by atoms with van der Waals surface area (Å²) in [6, 6.07) is 9.34. The molecule has 0 unspecified atom stereocenters. The average molecular weight is 457 g/mol. The van der Waals surface area contributed by atoms with Crippen molar-refractivity contribution < 1.29 is 22.6 Å². The number of hydrogen-bond acceptors (Lipinski definition) is 3. The maximum absolute atomic E-state index is 12.7. The predicted octanol–water partition coefficient (Wildman–Crippen LogP) is 6.36. The smallest absolute Gasteiger partial charge is 0.489 e. The largest absolute Gasteiger partial charge is 0.573 e.